The zero-order valence-corrected chi connectivity index (χ0v) is 35.4. The molecule has 276 valence electrons. The lowest BCUT2D eigenvalue weighted by molar-refractivity contribution is -0.392. The third-order valence-corrected chi connectivity index (χ3v) is 13.7. The summed E-state index contributed by atoms with van der Waals surface area (Å²) in [6.07, 6.45) is 4.42. The molecule has 2 unspecified atom stereocenters. The smallest absolute Gasteiger partial charge is 0.189 e. The number of hydroxylamine groups is 2. The number of fused-ring (bicyclic) bond motifs is 2. The number of aromatic nitrogens is 3. The number of pyridine rings is 1. The highest BCUT2D eigenvalue weighted by atomic mass is 79.9. The van der Waals surface area contributed by atoms with E-state index in [2.05, 4.69) is 97.8 Å². The Morgan fingerprint density at radius 2 is 1.64 bits per heavy atom. The maximum atomic E-state index is 14.4. The van der Waals surface area contributed by atoms with E-state index < -0.39 is 22.3 Å². The summed E-state index contributed by atoms with van der Waals surface area (Å²) in [5, 5.41) is 11.7. The van der Waals surface area contributed by atoms with Gasteiger partial charge < -0.3 is 15.0 Å². The van der Waals surface area contributed by atoms with Crippen LogP contribution in [0.15, 0.2) is 40.6 Å². The molecule has 0 saturated carbocycles. The summed E-state index contributed by atoms with van der Waals surface area (Å²) in [7, 11) is -2.77. The predicted octanol–water partition coefficient (Wildman–Crippen LogP) is 9.13. The first-order chi connectivity index (χ1) is 23.6. The second kappa shape index (κ2) is 16.4. The summed E-state index contributed by atoms with van der Waals surface area (Å²) in [6.45, 7) is 25.2. The monoisotopic (exact) mass is 788 g/mol. The van der Waals surface area contributed by atoms with Crippen LogP contribution in [0.5, 0.6) is 0 Å². The second-order valence-electron chi connectivity index (χ2n) is 16.3. The van der Waals surface area contributed by atoms with Gasteiger partial charge in [0.05, 0.1) is 41.1 Å². The van der Waals surface area contributed by atoms with E-state index in [0.717, 1.165) is 68.7 Å². The number of anilines is 1. The molecule has 1 saturated heterocycles. The lowest BCUT2D eigenvalue weighted by Gasteiger charge is -2.41. The lowest BCUT2D eigenvalue weighted by Crippen LogP contribution is -2.46. The summed E-state index contributed by atoms with van der Waals surface area (Å²) < 4.78 is 23.5. The fourth-order valence-electron chi connectivity index (χ4n) is 6.77. The Balaban J connectivity index is 1.64. The van der Waals surface area contributed by atoms with Crippen LogP contribution in [0.25, 0.3) is 22.0 Å². The van der Waals surface area contributed by atoms with Gasteiger partial charge in [0.15, 0.2) is 6.17 Å². The molecule has 3 aromatic rings. The number of hydrogen-bond acceptors (Lipinski definition) is 8. The molecule has 4 heterocycles. The molecule has 5 rings (SSSR count). The molecule has 2 aliphatic heterocycles. The van der Waals surface area contributed by atoms with Gasteiger partial charge in [-0.1, -0.05) is 46.2 Å². The summed E-state index contributed by atoms with van der Waals surface area (Å²) in [5.41, 5.74) is 4.69. The van der Waals surface area contributed by atoms with Crippen molar-refractivity contribution in [3.63, 3.8) is 0 Å². The third kappa shape index (κ3) is 9.51. The van der Waals surface area contributed by atoms with Crippen molar-refractivity contribution in [1.82, 2.24) is 25.3 Å². The molecule has 2 aliphatic rings. The molecule has 0 bridgehead atoms. The molecule has 0 radical (unpaired) electrons. The fourth-order valence-corrected chi connectivity index (χ4v) is 8.90. The lowest BCUT2D eigenvalue weighted by atomic mass is 9.99. The Labute approximate surface area is 309 Å². The van der Waals surface area contributed by atoms with Crippen LogP contribution < -0.4 is 10.2 Å². The number of hydrogen-bond donors (Lipinski definition) is 1. The van der Waals surface area contributed by atoms with Gasteiger partial charge in [0.2, 0.25) is 0 Å². The number of ether oxygens (including phenoxy) is 1. The van der Waals surface area contributed by atoms with Gasteiger partial charge in [-0.05, 0) is 97.5 Å². The van der Waals surface area contributed by atoms with E-state index in [4.69, 9.17) is 24.5 Å². The summed E-state index contributed by atoms with van der Waals surface area (Å²) in [5.74, 6) is 0.672. The number of aryl methyl sites for hydroxylation is 1. The number of rotatable bonds is 15. The zero-order chi connectivity index (χ0) is 36.4. The van der Waals surface area contributed by atoms with Crippen LogP contribution in [0.3, 0.4) is 0 Å². The average molecular weight is 790 g/mol. The highest BCUT2D eigenvalue weighted by Gasteiger charge is 2.41. The Morgan fingerprint density at radius 3 is 2.22 bits per heavy atom. The quantitative estimate of drug-likeness (QED) is 0.121. The molecule has 4 atom stereocenters. The predicted molar refractivity (Wildman–Crippen MR) is 211 cm³/mol. The molecule has 0 spiro atoms. The molecule has 9 nitrogen and oxygen atoms in total. The molecule has 2 aromatic heterocycles. The maximum absolute atomic E-state index is 14.4. The Bertz CT molecular complexity index is 1630. The van der Waals surface area contributed by atoms with Crippen LogP contribution in [-0.2, 0) is 20.8 Å². The minimum absolute atomic E-state index is 0.204. The van der Waals surface area contributed by atoms with Crippen LogP contribution in [-0.4, -0.2) is 80.7 Å². The van der Waals surface area contributed by atoms with Gasteiger partial charge >= 0.3 is 0 Å². The van der Waals surface area contributed by atoms with Gasteiger partial charge in [0.25, 0.3) is 0 Å². The molecule has 0 amide bonds. The number of benzene rings is 1. The summed E-state index contributed by atoms with van der Waals surface area (Å²) in [4.78, 5) is 20.4. The van der Waals surface area contributed by atoms with E-state index in [1.807, 2.05) is 12.3 Å². The third-order valence-electron chi connectivity index (χ3n) is 9.45. The van der Waals surface area contributed by atoms with E-state index in [9.17, 15) is 4.39 Å². The van der Waals surface area contributed by atoms with Crippen molar-refractivity contribution in [3.05, 3.63) is 52.2 Å². The highest BCUT2D eigenvalue weighted by Crippen LogP contribution is 2.47. The Kier molecular flexibility index (Phi) is 12.8. The SMILES string of the molecule is CCc1nn2c(c1-c1cnc3ccc(F)cc3c1)N(CC)C(CNC1C[C@@H](C)O[C@@H](C)C1)=C(Br)C2N(OCC[Si](C)(C)C)OCC[Si](C)(C)C. The van der Waals surface area contributed by atoms with E-state index in [-0.39, 0.29) is 18.0 Å². The van der Waals surface area contributed by atoms with E-state index in [0.29, 0.717) is 38.8 Å². The van der Waals surface area contributed by atoms with Crippen LogP contribution in [0, 0.1) is 5.82 Å². The second-order valence-corrected chi connectivity index (χ2v) is 28.4. The number of halogens is 2. The Morgan fingerprint density at radius 1 is 1.00 bits per heavy atom. The van der Waals surface area contributed by atoms with Crippen molar-refractivity contribution >= 4 is 48.8 Å². The topological polar surface area (TPSA) is 76.9 Å². The molecule has 50 heavy (non-hydrogen) atoms. The molecule has 1 fully saturated rings. The summed E-state index contributed by atoms with van der Waals surface area (Å²) in [6, 6.07) is 9.10. The molecule has 13 heteroatoms. The van der Waals surface area contributed by atoms with E-state index >= 15 is 0 Å². The largest absolute Gasteiger partial charge is 0.375 e. The fraction of sp³-hybridized carbons (Fsp3) is 0.622. The van der Waals surface area contributed by atoms with Gasteiger partial charge in [-0.15, -0.1) is 0 Å². The van der Waals surface area contributed by atoms with E-state index in [1.165, 1.54) is 6.07 Å². The molecule has 1 aromatic carbocycles. The van der Waals surface area contributed by atoms with E-state index in [1.54, 1.807) is 17.4 Å². The first-order valence-corrected chi connectivity index (χ1v) is 26.6. The molecule has 0 aliphatic carbocycles. The van der Waals surface area contributed by atoms with Crippen molar-refractivity contribution in [2.45, 2.75) is 123 Å². The molecular weight excluding hydrogens is 732 g/mol. The Hall–Kier alpha value is -1.98. The number of nitrogens with one attached hydrogen (secondary N) is 1. The highest BCUT2D eigenvalue weighted by molar-refractivity contribution is 9.11. The minimum atomic E-state index is -1.39. The van der Waals surface area contributed by atoms with Gasteiger partial charge in [-0.2, -0.15) is 5.10 Å². The van der Waals surface area contributed by atoms with Gasteiger partial charge in [0, 0.05) is 63.7 Å². The van der Waals surface area contributed by atoms with Crippen LogP contribution in [0.4, 0.5) is 10.2 Å². The van der Waals surface area contributed by atoms with Crippen LogP contribution >= 0.6 is 15.9 Å². The van der Waals surface area contributed by atoms with Crippen molar-refractivity contribution in [2.75, 3.05) is 31.2 Å². The standard InChI is InChI=1S/C37H58BrFN6O3Si2/c1-11-31-34(28-21-27-22-29(39)13-14-32(27)41-23-28)36-43(12-2)33(24-40-30-19-25(3)48-26(4)20-30)35(38)37(44(36)42-31)45(46-15-17-49(5,6)7)47-16-18-50(8,9)10/h13-14,21-23,25-26,30,37,40H,11-12,15-20,24H2,1-10H3/t25-,26+,30?,37?. The van der Waals surface area contributed by atoms with Crippen LogP contribution in [0.2, 0.25) is 51.4 Å². The normalized spacial score (nSPS) is 21.8. The number of likely N-dealkylation sites (N-methyl/N-ethyl adjacent to an activating group) is 1. The van der Waals surface area contributed by atoms with Gasteiger partial charge in [-0.25, -0.2) is 9.07 Å². The van der Waals surface area contributed by atoms with Gasteiger partial charge in [-0.3, -0.25) is 14.7 Å². The molecular formula is C37H58BrFN6O3Si2. The first kappa shape index (κ1) is 39.2. The maximum Gasteiger partial charge on any atom is 0.189 e. The van der Waals surface area contributed by atoms with Crippen molar-refractivity contribution in [2.24, 2.45) is 0 Å². The van der Waals surface area contributed by atoms with Crippen molar-refractivity contribution < 1.29 is 18.8 Å². The minimum Gasteiger partial charge on any atom is -0.375 e. The van der Waals surface area contributed by atoms with Crippen molar-refractivity contribution in [1.29, 1.82) is 0 Å². The zero-order valence-electron chi connectivity index (χ0n) is 31.8. The average Bonchev–Trinajstić information content (AvgIpc) is 3.40. The van der Waals surface area contributed by atoms with Gasteiger partial charge in [0.1, 0.15) is 11.6 Å². The van der Waals surface area contributed by atoms with Crippen LogP contribution in [0.1, 0.15) is 52.4 Å². The number of nitrogens with zero attached hydrogens (tertiary/aromatic N) is 5. The molecule has 1 N–H and O–H groups in total. The first-order valence-electron chi connectivity index (χ1n) is 18.4. The summed E-state index contributed by atoms with van der Waals surface area (Å²) >= 11 is 4.11. The van der Waals surface area contributed by atoms with Crippen molar-refractivity contribution in [3.8, 4) is 11.1 Å².